The number of ether oxygens (including phenoxy) is 3. The predicted molar refractivity (Wildman–Crippen MR) is 67.4 cm³/mol. The molecule has 0 aliphatic carbocycles. The van der Waals surface area contributed by atoms with Crippen molar-refractivity contribution in [2.24, 2.45) is 5.41 Å². The van der Waals surface area contributed by atoms with E-state index in [1.807, 2.05) is 38.1 Å². The van der Waals surface area contributed by atoms with Gasteiger partial charge >= 0.3 is 0 Å². The van der Waals surface area contributed by atoms with E-state index in [9.17, 15) is 5.11 Å². The lowest BCUT2D eigenvalue weighted by Gasteiger charge is -2.41. The maximum atomic E-state index is 9.37. The highest BCUT2D eigenvalue weighted by Crippen LogP contribution is 2.36. The summed E-state index contributed by atoms with van der Waals surface area (Å²) in [4.78, 5) is 0. The van der Waals surface area contributed by atoms with Crippen LogP contribution in [0.4, 0.5) is 0 Å². The Morgan fingerprint density at radius 3 is 2.56 bits per heavy atom. The molecule has 100 valence electrons. The molecular formula is C14H20O4. The fraction of sp³-hybridized carbons (Fsp3) is 0.571. The minimum absolute atomic E-state index is 0.00299. The number of rotatable bonds is 3. The maximum Gasteiger partial charge on any atom is 0.184 e. The van der Waals surface area contributed by atoms with Crippen molar-refractivity contribution >= 4 is 0 Å². The predicted octanol–water partition coefficient (Wildman–Crippen LogP) is 2.13. The van der Waals surface area contributed by atoms with E-state index in [1.165, 1.54) is 0 Å². The molecule has 1 aromatic rings. The third-order valence-corrected chi connectivity index (χ3v) is 3.32. The van der Waals surface area contributed by atoms with Gasteiger partial charge in [-0.2, -0.15) is 0 Å². The van der Waals surface area contributed by atoms with Gasteiger partial charge in [-0.3, -0.25) is 0 Å². The molecule has 2 rings (SSSR count). The molecular weight excluding hydrogens is 232 g/mol. The lowest BCUT2D eigenvalue weighted by Crippen LogP contribution is -2.44. The Balaban J connectivity index is 2.10. The number of aliphatic hydroxyl groups is 1. The molecule has 1 aromatic carbocycles. The first kappa shape index (κ1) is 13.3. The van der Waals surface area contributed by atoms with E-state index in [4.69, 9.17) is 14.2 Å². The molecule has 0 amide bonds. The molecule has 0 saturated carbocycles. The van der Waals surface area contributed by atoms with E-state index >= 15 is 0 Å². The molecule has 0 spiro atoms. The fourth-order valence-electron chi connectivity index (χ4n) is 1.98. The number of methoxy groups -OCH3 is 1. The van der Waals surface area contributed by atoms with Crippen LogP contribution < -0.4 is 4.74 Å². The zero-order valence-corrected chi connectivity index (χ0v) is 11.1. The van der Waals surface area contributed by atoms with Crippen molar-refractivity contribution in [1.29, 1.82) is 0 Å². The highest BCUT2D eigenvalue weighted by molar-refractivity contribution is 5.28. The van der Waals surface area contributed by atoms with E-state index in [2.05, 4.69) is 0 Å². The van der Waals surface area contributed by atoms with Crippen LogP contribution in [-0.4, -0.2) is 31.5 Å². The van der Waals surface area contributed by atoms with Gasteiger partial charge in [0, 0.05) is 11.0 Å². The molecule has 1 N–H and O–H groups in total. The summed E-state index contributed by atoms with van der Waals surface area (Å²) in [6, 6.07) is 7.57. The minimum atomic E-state index is -0.416. The van der Waals surface area contributed by atoms with Crippen LogP contribution in [0.5, 0.6) is 5.75 Å². The monoisotopic (exact) mass is 252 g/mol. The van der Waals surface area contributed by atoms with Gasteiger partial charge in [-0.25, -0.2) is 0 Å². The minimum Gasteiger partial charge on any atom is -0.497 e. The molecule has 4 heteroatoms. The number of aliphatic hydroxyl groups excluding tert-OH is 1. The second kappa shape index (κ2) is 5.26. The summed E-state index contributed by atoms with van der Waals surface area (Å²) in [6.45, 7) is 4.62. The average molecular weight is 252 g/mol. The van der Waals surface area contributed by atoms with Crippen molar-refractivity contribution in [3.8, 4) is 5.75 Å². The lowest BCUT2D eigenvalue weighted by molar-refractivity contribution is -0.271. The Hall–Kier alpha value is -1.10. The Morgan fingerprint density at radius 2 is 2.00 bits per heavy atom. The molecule has 2 unspecified atom stereocenters. The van der Waals surface area contributed by atoms with Gasteiger partial charge in [0.15, 0.2) is 6.29 Å². The van der Waals surface area contributed by atoms with Crippen molar-refractivity contribution in [2.45, 2.75) is 26.2 Å². The SMILES string of the molecule is COc1ccc(C2OCC(C)(C)C(CO)O2)cc1. The normalized spacial score (nSPS) is 26.9. The Morgan fingerprint density at radius 1 is 1.33 bits per heavy atom. The van der Waals surface area contributed by atoms with Crippen LogP contribution in [0.15, 0.2) is 24.3 Å². The van der Waals surface area contributed by atoms with E-state index in [0.717, 1.165) is 11.3 Å². The lowest BCUT2D eigenvalue weighted by atomic mass is 9.87. The number of benzene rings is 1. The smallest absolute Gasteiger partial charge is 0.184 e. The standard InChI is InChI=1S/C14H20O4/c1-14(2)9-17-13(18-12(14)8-15)10-4-6-11(16-3)7-5-10/h4-7,12-13,15H,8-9H2,1-3H3. The second-order valence-corrected chi connectivity index (χ2v) is 5.21. The van der Waals surface area contributed by atoms with Crippen LogP contribution in [0, 0.1) is 5.41 Å². The van der Waals surface area contributed by atoms with Gasteiger partial charge in [-0.15, -0.1) is 0 Å². The summed E-state index contributed by atoms with van der Waals surface area (Å²) in [5, 5.41) is 9.37. The van der Waals surface area contributed by atoms with Crippen LogP contribution in [0.1, 0.15) is 25.7 Å². The van der Waals surface area contributed by atoms with Crippen LogP contribution in [0.2, 0.25) is 0 Å². The largest absolute Gasteiger partial charge is 0.497 e. The third kappa shape index (κ3) is 2.66. The van der Waals surface area contributed by atoms with Crippen LogP contribution in [0.25, 0.3) is 0 Å². The molecule has 1 aliphatic heterocycles. The van der Waals surface area contributed by atoms with Gasteiger partial charge in [0.2, 0.25) is 0 Å². The molecule has 1 fully saturated rings. The Labute approximate surface area is 107 Å². The molecule has 18 heavy (non-hydrogen) atoms. The number of hydrogen-bond acceptors (Lipinski definition) is 4. The molecule has 1 saturated heterocycles. The van der Waals surface area contributed by atoms with Crippen LogP contribution in [0.3, 0.4) is 0 Å². The summed E-state index contributed by atoms with van der Waals surface area (Å²) in [6.07, 6.45) is -0.626. The fourth-order valence-corrected chi connectivity index (χ4v) is 1.98. The first-order valence-electron chi connectivity index (χ1n) is 6.08. The zero-order valence-electron chi connectivity index (χ0n) is 11.1. The summed E-state index contributed by atoms with van der Waals surface area (Å²) >= 11 is 0. The molecule has 0 radical (unpaired) electrons. The molecule has 1 heterocycles. The first-order chi connectivity index (χ1) is 8.56. The Kier molecular flexibility index (Phi) is 3.90. The third-order valence-electron chi connectivity index (χ3n) is 3.32. The summed E-state index contributed by atoms with van der Waals surface area (Å²) < 4.78 is 16.6. The highest BCUT2D eigenvalue weighted by atomic mass is 16.7. The van der Waals surface area contributed by atoms with Crippen molar-refractivity contribution in [3.63, 3.8) is 0 Å². The van der Waals surface area contributed by atoms with Crippen molar-refractivity contribution < 1.29 is 19.3 Å². The van der Waals surface area contributed by atoms with Crippen molar-refractivity contribution in [1.82, 2.24) is 0 Å². The second-order valence-electron chi connectivity index (χ2n) is 5.21. The van der Waals surface area contributed by atoms with Gasteiger partial charge in [0.05, 0.1) is 26.4 Å². The van der Waals surface area contributed by atoms with Crippen molar-refractivity contribution in [3.05, 3.63) is 29.8 Å². The van der Waals surface area contributed by atoms with Gasteiger partial charge in [-0.1, -0.05) is 26.0 Å². The van der Waals surface area contributed by atoms with E-state index in [1.54, 1.807) is 7.11 Å². The molecule has 2 atom stereocenters. The quantitative estimate of drug-likeness (QED) is 0.895. The average Bonchev–Trinajstić information content (AvgIpc) is 2.39. The van der Waals surface area contributed by atoms with Gasteiger partial charge in [-0.05, 0) is 12.1 Å². The van der Waals surface area contributed by atoms with Crippen LogP contribution >= 0.6 is 0 Å². The molecule has 1 aliphatic rings. The van der Waals surface area contributed by atoms with Gasteiger partial charge in [0.25, 0.3) is 0 Å². The van der Waals surface area contributed by atoms with Crippen molar-refractivity contribution in [2.75, 3.05) is 20.3 Å². The highest BCUT2D eigenvalue weighted by Gasteiger charge is 2.38. The topological polar surface area (TPSA) is 47.9 Å². The van der Waals surface area contributed by atoms with Gasteiger partial charge < -0.3 is 19.3 Å². The summed E-state index contributed by atoms with van der Waals surface area (Å²) in [5.41, 5.74) is 0.766. The first-order valence-corrected chi connectivity index (χ1v) is 6.08. The summed E-state index contributed by atoms with van der Waals surface area (Å²) in [7, 11) is 1.63. The Bertz CT molecular complexity index is 385. The summed E-state index contributed by atoms with van der Waals surface area (Å²) in [5.74, 6) is 0.800. The molecule has 0 bridgehead atoms. The van der Waals surface area contributed by atoms with E-state index < -0.39 is 6.29 Å². The maximum absolute atomic E-state index is 9.37. The molecule has 4 nitrogen and oxygen atoms in total. The number of hydrogen-bond donors (Lipinski definition) is 1. The van der Waals surface area contributed by atoms with Gasteiger partial charge in [0.1, 0.15) is 5.75 Å². The van der Waals surface area contributed by atoms with Crippen LogP contribution in [-0.2, 0) is 9.47 Å². The van der Waals surface area contributed by atoms with E-state index in [0.29, 0.717) is 6.61 Å². The zero-order chi connectivity index (χ0) is 13.2. The molecule has 0 aromatic heterocycles. The van der Waals surface area contributed by atoms with E-state index in [-0.39, 0.29) is 18.1 Å².